The van der Waals surface area contributed by atoms with Gasteiger partial charge in [0.25, 0.3) is 11.8 Å². The van der Waals surface area contributed by atoms with Gasteiger partial charge in [-0.15, -0.1) is 22.9 Å². The summed E-state index contributed by atoms with van der Waals surface area (Å²) >= 11 is 8.01. The quantitative estimate of drug-likeness (QED) is 0.117. The Morgan fingerprint density at radius 1 is 0.920 bits per heavy atom. The van der Waals surface area contributed by atoms with Crippen molar-refractivity contribution in [2.75, 3.05) is 42.3 Å². The molecule has 3 aromatic heterocycles. The molecule has 14 heteroatoms. The smallest absolute Gasteiger partial charge is 0.407 e. The van der Waals surface area contributed by atoms with Gasteiger partial charge in [-0.25, -0.2) is 9.59 Å². The van der Waals surface area contributed by atoms with Crippen LogP contribution in [0.15, 0.2) is 66.0 Å². The number of nitrogens with one attached hydrogen (secondary N) is 3. The van der Waals surface area contributed by atoms with Crippen molar-refractivity contribution in [3.05, 3.63) is 94.1 Å². The van der Waals surface area contributed by atoms with Gasteiger partial charge in [0.1, 0.15) is 11.4 Å². The number of aromatic amines is 2. The third kappa shape index (κ3) is 5.20. The fourth-order valence-electron chi connectivity index (χ4n) is 7.34. The average molecular weight is 711 g/mol. The number of hydrogen-bond acceptors (Lipinski definition) is 5. The lowest BCUT2D eigenvalue weighted by Crippen LogP contribution is -2.51. The predicted molar refractivity (Wildman–Crippen MR) is 193 cm³/mol. The average Bonchev–Trinajstić information content (AvgIpc) is 3.90. The predicted octanol–water partition coefficient (Wildman–Crippen LogP) is 7.42. The molecule has 254 valence electrons. The maximum absolute atomic E-state index is 14.3. The number of fused-ring (bicyclic) bond motifs is 5. The van der Waals surface area contributed by atoms with E-state index in [4.69, 9.17) is 11.6 Å². The zero-order chi connectivity index (χ0) is 34.8. The lowest BCUT2D eigenvalue weighted by molar-refractivity contribution is 0.0640. The van der Waals surface area contributed by atoms with E-state index >= 15 is 0 Å². The van der Waals surface area contributed by atoms with Crippen LogP contribution in [0, 0.1) is 6.92 Å². The van der Waals surface area contributed by atoms with E-state index in [1.807, 2.05) is 42.6 Å². The van der Waals surface area contributed by atoms with Gasteiger partial charge in [-0.2, -0.15) is 0 Å². The monoisotopic (exact) mass is 710 g/mol. The number of amides is 4. The summed E-state index contributed by atoms with van der Waals surface area (Å²) in [6.45, 7) is 2.37. The number of alkyl halides is 1. The molecule has 2 atom stereocenters. The number of halogens is 1. The number of aromatic nitrogens is 2. The molecule has 5 heterocycles. The first-order valence-corrected chi connectivity index (χ1v) is 17.4. The van der Waals surface area contributed by atoms with E-state index in [0.717, 1.165) is 37.5 Å². The van der Waals surface area contributed by atoms with Gasteiger partial charge >= 0.3 is 12.2 Å². The second-order valence-corrected chi connectivity index (χ2v) is 13.9. The van der Waals surface area contributed by atoms with Gasteiger partial charge in [0.2, 0.25) is 0 Å². The Balaban J connectivity index is 1.14. The molecule has 2 aliphatic heterocycles. The van der Waals surface area contributed by atoms with Gasteiger partial charge in [0.15, 0.2) is 0 Å². The molecule has 0 saturated carbocycles. The molecule has 0 aliphatic carbocycles. The van der Waals surface area contributed by atoms with Crippen molar-refractivity contribution in [2.45, 2.75) is 18.9 Å². The maximum Gasteiger partial charge on any atom is 0.407 e. The molecule has 0 radical (unpaired) electrons. The topological polar surface area (TPSA) is 162 Å². The Bertz CT molecular complexity index is 2350. The number of rotatable bonds is 5. The molecule has 0 bridgehead atoms. The summed E-state index contributed by atoms with van der Waals surface area (Å²) < 4.78 is 0.863. The van der Waals surface area contributed by atoms with Crippen LogP contribution in [0.2, 0.25) is 0 Å². The van der Waals surface area contributed by atoms with E-state index in [1.165, 1.54) is 21.1 Å². The summed E-state index contributed by atoms with van der Waals surface area (Å²) in [7, 11) is 0. The minimum Gasteiger partial charge on any atom is -0.465 e. The number of carboxylic acid groups (broad SMARTS) is 2. The van der Waals surface area contributed by atoms with E-state index in [9.17, 15) is 29.4 Å². The number of nitrogens with zero attached hydrogens (tertiary/aromatic N) is 3. The van der Waals surface area contributed by atoms with Gasteiger partial charge in [-0.1, -0.05) is 18.2 Å². The molecule has 3 aromatic carbocycles. The van der Waals surface area contributed by atoms with Crippen LogP contribution in [0.1, 0.15) is 49.6 Å². The third-order valence-corrected chi connectivity index (χ3v) is 11.3. The van der Waals surface area contributed by atoms with E-state index in [2.05, 4.69) is 15.3 Å². The summed E-state index contributed by atoms with van der Waals surface area (Å²) in [6, 6.07) is 17.7. The van der Waals surface area contributed by atoms with E-state index in [-0.39, 0.29) is 43.2 Å². The SMILES string of the molecule is Cc1csc2c(C3CN(C(=O)O)CCN3C(=O)O)cc3c(c12)[C@H](CCl)CN3C(=O)c1cc2cc(NC(=O)c3cc4ccccc4[nH]3)ccc2[nH]1. The molecular weight excluding hydrogens is 680 g/mol. The Labute approximate surface area is 293 Å². The number of piperazine rings is 1. The first-order valence-electron chi connectivity index (χ1n) is 16.0. The molecular formula is C36H31ClN6O6S. The fourth-order valence-corrected chi connectivity index (χ4v) is 8.72. The summed E-state index contributed by atoms with van der Waals surface area (Å²) in [4.78, 5) is 62.3. The largest absolute Gasteiger partial charge is 0.465 e. The van der Waals surface area contributed by atoms with Crippen LogP contribution in [0.5, 0.6) is 0 Å². The molecule has 8 rings (SSSR count). The molecule has 0 spiro atoms. The lowest BCUT2D eigenvalue weighted by atomic mass is 9.92. The first kappa shape index (κ1) is 31.7. The lowest BCUT2D eigenvalue weighted by Gasteiger charge is -2.39. The maximum atomic E-state index is 14.3. The van der Waals surface area contributed by atoms with Gasteiger partial charge in [0.05, 0.1) is 6.04 Å². The van der Waals surface area contributed by atoms with Crippen LogP contribution in [0.3, 0.4) is 0 Å². The Hall–Kier alpha value is -5.53. The summed E-state index contributed by atoms with van der Waals surface area (Å²) in [5.41, 5.74) is 6.11. The molecule has 4 amide bonds. The highest BCUT2D eigenvalue weighted by atomic mass is 35.5. The van der Waals surface area contributed by atoms with Crippen molar-refractivity contribution in [3.63, 3.8) is 0 Å². The van der Waals surface area contributed by atoms with E-state index < -0.39 is 18.2 Å². The molecule has 1 unspecified atom stereocenters. The Morgan fingerprint density at radius 2 is 1.68 bits per heavy atom. The number of hydrogen-bond donors (Lipinski definition) is 5. The minimum atomic E-state index is -1.14. The number of thiophene rings is 1. The molecule has 1 fully saturated rings. The van der Waals surface area contributed by atoms with Crippen molar-refractivity contribution in [3.8, 4) is 0 Å². The van der Waals surface area contributed by atoms with Crippen LogP contribution in [-0.4, -0.2) is 86.0 Å². The highest BCUT2D eigenvalue weighted by Gasteiger charge is 2.40. The number of carbonyl (C=O) groups excluding carboxylic acids is 2. The molecule has 6 aromatic rings. The van der Waals surface area contributed by atoms with Gasteiger partial charge in [0, 0.05) is 81.2 Å². The van der Waals surface area contributed by atoms with Crippen molar-refractivity contribution < 1.29 is 29.4 Å². The van der Waals surface area contributed by atoms with Crippen molar-refractivity contribution in [2.24, 2.45) is 0 Å². The van der Waals surface area contributed by atoms with E-state index in [0.29, 0.717) is 40.4 Å². The van der Waals surface area contributed by atoms with Crippen LogP contribution >= 0.6 is 22.9 Å². The van der Waals surface area contributed by atoms with Crippen molar-refractivity contribution in [1.82, 2.24) is 19.8 Å². The summed E-state index contributed by atoms with van der Waals surface area (Å²) in [5.74, 6) is -0.481. The van der Waals surface area contributed by atoms with Crippen LogP contribution in [0.4, 0.5) is 21.0 Å². The first-order chi connectivity index (χ1) is 24.1. The van der Waals surface area contributed by atoms with Gasteiger partial charge < -0.3 is 35.3 Å². The fraction of sp³-hybridized carbons (Fsp3) is 0.222. The Morgan fingerprint density at radius 3 is 2.44 bits per heavy atom. The number of para-hydroxylation sites is 1. The number of benzene rings is 3. The highest BCUT2D eigenvalue weighted by Crippen LogP contribution is 2.49. The molecule has 12 nitrogen and oxygen atoms in total. The summed E-state index contributed by atoms with van der Waals surface area (Å²) in [6.07, 6.45) is -2.25. The van der Waals surface area contributed by atoms with E-state index in [1.54, 1.807) is 35.2 Å². The second kappa shape index (κ2) is 12.1. The van der Waals surface area contributed by atoms with Gasteiger partial charge in [-0.05, 0) is 71.5 Å². The zero-order valence-corrected chi connectivity index (χ0v) is 28.3. The van der Waals surface area contributed by atoms with Crippen LogP contribution in [0.25, 0.3) is 31.9 Å². The zero-order valence-electron chi connectivity index (χ0n) is 26.7. The molecule has 1 saturated heterocycles. The standard InChI is InChI=1S/C36H31ClN6O6S/c1-18-17-50-32-23(29-16-41(35(46)47)8-9-42(29)36(48)49)13-28-31(30(18)32)21(14-37)15-43(28)34(45)27-12-20-10-22(6-7-25(20)40-27)38-33(44)26-11-19-4-2-3-5-24(19)39-26/h2-7,10-13,17,21,29,39-40H,8-9,14-16H2,1H3,(H,38,44)(H,46,47)(H,48,49)/t21-,29?/m1/s1. The second-order valence-electron chi connectivity index (χ2n) is 12.7. The number of H-pyrrole nitrogens is 2. The number of carbonyl (C=O) groups is 4. The Kier molecular flexibility index (Phi) is 7.68. The molecule has 5 N–H and O–H groups in total. The van der Waals surface area contributed by atoms with Crippen molar-refractivity contribution in [1.29, 1.82) is 0 Å². The van der Waals surface area contributed by atoms with Crippen LogP contribution in [-0.2, 0) is 0 Å². The molecule has 2 aliphatic rings. The summed E-state index contributed by atoms with van der Waals surface area (Å²) in [5, 5.41) is 27.4. The van der Waals surface area contributed by atoms with Crippen molar-refractivity contribution >= 4 is 90.2 Å². The third-order valence-electron chi connectivity index (χ3n) is 9.75. The molecule has 50 heavy (non-hydrogen) atoms. The van der Waals surface area contributed by atoms with Crippen LogP contribution < -0.4 is 10.2 Å². The minimum absolute atomic E-state index is 0.0273. The van der Waals surface area contributed by atoms with Gasteiger partial charge in [-0.3, -0.25) is 14.5 Å². The normalized spacial score (nSPS) is 17.5. The number of anilines is 2. The highest BCUT2D eigenvalue weighted by molar-refractivity contribution is 7.17. The number of aryl methyl sites for hydroxylation is 1.